The van der Waals surface area contributed by atoms with E-state index in [1.165, 1.54) is 12.3 Å². The van der Waals surface area contributed by atoms with Gasteiger partial charge >= 0.3 is 0 Å². The van der Waals surface area contributed by atoms with Crippen LogP contribution in [0, 0.1) is 11.6 Å². The Labute approximate surface area is 164 Å². The van der Waals surface area contributed by atoms with Gasteiger partial charge in [-0.25, -0.2) is 19.2 Å². The third-order valence-corrected chi connectivity index (χ3v) is 3.93. The summed E-state index contributed by atoms with van der Waals surface area (Å²) in [6.07, 6.45) is 1.13. The summed E-state index contributed by atoms with van der Waals surface area (Å²) in [5, 5.41) is 8.51. The molecule has 2 amide bonds. The minimum atomic E-state index is -1.04. The molecule has 0 aliphatic carbocycles. The number of hydrogen-bond acceptors (Lipinski definition) is 6. The number of hydrazone groups is 1. The van der Waals surface area contributed by atoms with Crippen LogP contribution in [0.4, 0.5) is 14.5 Å². The van der Waals surface area contributed by atoms with Crippen molar-refractivity contribution in [2.75, 3.05) is 12.4 Å². The van der Waals surface area contributed by atoms with E-state index in [1.807, 2.05) is 0 Å². The smallest absolute Gasteiger partial charge is 0.252 e. The number of hydrogen-bond donors (Lipinski definition) is 3. The number of carbonyl (C=O) groups excluding carboxylic acids is 2. The molecule has 29 heavy (non-hydrogen) atoms. The molecule has 10 heteroatoms. The molecule has 1 aliphatic heterocycles. The number of nitrogens with one attached hydrogen (secondary N) is 3. The second-order valence-electron chi connectivity index (χ2n) is 5.97. The number of benzene rings is 2. The highest BCUT2D eigenvalue weighted by Gasteiger charge is 2.29. The van der Waals surface area contributed by atoms with Gasteiger partial charge in [-0.3, -0.25) is 14.9 Å². The molecular weight excluding hydrogens is 384 g/mol. The van der Waals surface area contributed by atoms with E-state index in [0.717, 1.165) is 17.7 Å². The van der Waals surface area contributed by atoms with Gasteiger partial charge in [0.2, 0.25) is 11.9 Å². The maximum Gasteiger partial charge on any atom is 0.252 e. The summed E-state index contributed by atoms with van der Waals surface area (Å²) in [5.74, 6) is -2.33. The number of halogens is 2. The van der Waals surface area contributed by atoms with Gasteiger partial charge in [0.05, 0.1) is 19.7 Å². The van der Waals surface area contributed by atoms with Crippen molar-refractivity contribution in [2.24, 2.45) is 10.1 Å². The summed E-state index contributed by atoms with van der Waals surface area (Å²) in [6, 6.07) is 9.28. The second kappa shape index (κ2) is 8.91. The number of carbonyl (C=O) groups is 2. The summed E-state index contributed by atoms with van der Waals surface area (Å²) in [6.45, 7) is 0. The maximum atomic E-state index is 13.6. The van der Waals surface area contributed by atoms with E-state index in [9.17, 15) is 18.4 Å². The van der Waals surface area contributed by atoms with Crippen molar-refractivity contribution < 1.29 is 23.1 Å². The maximum absolute atomic E-state index is 13.6. The van der Waals surface area contributed by atoms with E-state index in [-0.39, 0.29) is 12.4 Å². The molecule has 8 nitrogen and oxygen atoms in total. The van der Waals surface area contributed by atoms with Gasteiger partial charge in [0.15, 0.2) is 0 Å². The van der Waals surface area contributed by atoms with Gasteiger partial charge in [-0.15, -0.1) is 0 Å². The number of nitrogens with zero attached hydrogens (tertiary/aromatic N) is 2. The molecule has 1 heterocycles. The molecule has 0 saturated heterocycles. The molecular formula is C19H17F2N5O3. The minimum absolute atomic E-state index is 0.0645. The standard InChI is InChI=1S/C19H17F2N5O3/c1-29-12-7-5-11(6-8-12)10-22-26-19-23-15(18(28)25-19)9-16(27)24-17-13(20)3-2-4-14(17)21/h2-8,10,15H,9H2,1H3,(H,24,27)(H2,23,25,26,28)/b22-10-/t15-/m1/s1. The van der Waals surface area contributed by atoms with Gasteiger partial charge in [0, 0.05) is 0 Å². The molecule has 1 aliphatic rings. The van der Waals surface area contributed by atoms with Crippen LogP contribution in [0.2, 0.25) is 0 Å². The number of para-hydroxylation sites is 1. The van der Waals surface area contributed by atoms with Crippen molar-refractivity contribution >= 4 is 29.7 Å². The van der Waals surface area contributed by atoms with Gasteiger partial charge in [-0.1, -0.05) is 6.07 Å². The summed E-state index contributed by atoms with van der Waals surface area (Å²) >= 11 is 0. The van der Waals surface area contributed by atoms with Crippen molar-refractivity contribution in [1.82, 2.24) is 10.7 Å². The first-order valence-corrected chi connectivity index (χ1v) is 8.52. The summed E-state index contributed by atoms with van der Waals surface area (Å²) in [7, 11) is 1.56. The highest BCUT2D eigenvalue weighted by molar-refractivity contribution is 6.07. The number of aliphatic imine (C=N–C) groups is 1. The quantitative estimate of drug-likeness (QED) is 0.507. The fraction of sp³-hybridized carbons (Fsp3) is 0.158. The Bertz CT molecular complexity index is 956. The van der Waals surface area contributed by atoms with E-state index in [1.54, 1.807) is 31.4 Å². The largest absolute Gasteiger partial charge is 0.497 e. The fourth-order valence-corrected chi connectivity index (χ4v) is 2.48. The number of rotatable bonds is 6. The van der Waals surface area contributed by atoms with Crippen LogP contribution in [-0.4, -0.2) is 37.1 Å². The van der Waals surface area contributed by atoms with Crippen molar-refractivity contribution in [2.45, 2.75) is 12.5 Å². The van der Waals surface area contributed by atoms with E-state index >= 15 is 0 Å². The van der Waals surface area contributed by atoms with Crippen LogP contribution in [0.25, 0.3) is 0 Å². The van der Waals surface area contributed by atoms with Gasteiger partial charge in [0.1, 0.15) is 29.1 Å². The molecule has 3 rings (SSSR count). The lowest BCUT2D eigenvalue weighted by Crippen LogP contribution is -2.35. The molecule has 1 atom stereocenters. The number of anilines is 1. The second-order valence-corrected chi connectivity index (χ2v) is 5.97. The Kier molecular flexibility index (Phi) is 6.12. The van der Waals surface area contributed by atoms with Crippen LogP contribution in [0.5, 0.6) is 5.75 Å². The molecule has 0 fully saturated rings. The fourth-order valence-electron chi connectivity index (χ4n) is 2.48. The topological polar surface area (TPSA) is 104 Å². The van der Waals surface area contributed by atoms with Crippen LogP contribution >= 0.6 is 0 Å². The monoisotopic (exact) mass is 401 g/mol. The van der Waals surface area contributed by atoms with Crippen molar-refractivity contribution in [3.8, 4) is 5.75 Å². The van der Waals surface area contributed by atoms with Gasteiger partial charge in [0.25, 0.3) is 5.91 Å². The van der Waals surface area contributed by atoms with Gasteiger partial charge in [-0.2, -0.15) is 5.10 Å². The van der Waals surface area contributed by atoms with Crippen LogP contribution in [-0.2, 0) is 9.59 Å². The van der Waals surface area contributed by atoms with Crippen LogP contribution < -0.4 is 20.8 Å². The SMILES string of the molecule is COc1ccc(/C=N\NC2=N[C@H](CC(=O)Nc3c(F)cccc3F)C(=O)N2)cc1. The predicted octanol–water partition coefficient (Wildman–Crippen LogP) is 1.78. The zero-order valence-electron chi connectivity index (χ0n) is 15.3. The van der Waals surface area contributed by atoms with Crippen LogP contribution in [0.15, 0.2) is 52.6 Å². The van der Waals surface area contributed by atoms with E-state index in [4.69, 9.17) is 4.74 Å². The number of methoxy groups -OCH3 is 1. The van der Waals surface area contributed by atoms with Gasteiger partial charge < -0.3 is 10.1 Å². The lowest BCUT2D eigenvalue weighted by Gasteiger charge is -2.08. The molecule has 2 aromatic carbocycles. The first-order valence-electron chi connectivity index (χ1n) is 8.52. The first kappa shape index (κ1) is 19.9. The molecule has 0 spiro atoms. The Morgan fingerprint density at radius 2 is 1.93 bits per heavy atom. The summed E-state index contributed by atoms with van der Waals surface area (Å²) in [4.78, 5) is 28.0. The predicted molar refractivity (Wildman–Crippen MR) is 103 cm³/mol. The molecule has 3 N–H and O–H groups in total. The summed E-state index contributed by atoms with van der Waals surface area (Å²) in [5.41, 5.74) is 2.78. The lowest BCUT2D eigenvalue weighted by atomic mass is 10.2. The average Bonchev–Trinajstić information content (AvgIpc) is 3.04. The van der Waals surface area contributed by atoms with Crippen molar-refractivity contribution in [1.29, 1.82) is 0 Å². The Hall–Kier alpha value is -3.82. The average molecular weight is 401 g/mol. The number of amides is 2. The lowest BCUT2D eigenvalue weighted by molar-refractivity contribution is -0.123. The summed E-state index contributed by atoms with van der Waals surface area (Å²) < 4.78 is 32.2. The minimum Gasteiger partial charge on any atom is -0.497 e. The Morgan fingerprint density at radius 1 is 1.24 bits per heavy atom. The van der Waals surface area contributed by atoms with Crippen LogP contribution in [0.3, 0.4) is 0 Å². The first-order chi connectivity index (χ1) is 14.0. The zero-order chi connectivity index (χ0) is 20.8. The van der Waals surface area contributed by atoms with E-state index < -0.39 is 35.2 Å². The van der Waals surface area contributed by atoms with Gasteiger partial charge in [-0.05, 0) is 42.0 Å². The molecule has 0 aromatic heterocycles. The van der Waals surface area contributed by atoms with Crippen molar-refractivity contribution in [3.05, 3.63) is 59.7 Å². The van der Waals surface area contributed by atoms with Crippen molar-refractivity contribution in [3.63, 3.8) is 0 Å². The molecule has 0 radical (unpaired) electrons. The Morgan fingerprint density at radius 3 is 2.59 bits per heavy atom. The third-order valence-electron chi connectivity index (χ3n) is 3.93. The molecule has 0 saturated carbocycles. The zero-order valence-corrected chi connectivity index (χ0v) is 15.3. The highest BCUT2D eigenvalue weighted by atomic mass is 19.1. The third kappa shape index (κ3) is 5.12. The molecule has 0 unspecified atom stereocenters. The number of ether oxygens (including phenoxy) is 1. The molecule has 150 valence electrons. The molecule has 0 bridgehead atoms. The van der Waals surface area contributed by atoms with Crippen LogP contribution in [0.1, 0.15) is 12.0 Å². The normalized spacial score (nSPS) is 15.8. The number of guanidine groups is 1. The van der Waals surface area contributed by atoms with E-state index in [0.29, 0.717) is 5.75 Å². The molecule has 2 aromatic rings. The van der Waals surface area contributed by atoms with E-state index in [2.05, 4.69) is 26.2 Å². The highest BCUT2D eigenvalue weighted by Crippen LogP contribution is 2.18. The Balaban J connectivity index is 1.56.